The molecule has 2 aromatic heterocycles. The molecule has 0 saturated heterocycles. The van der Waals surface area contributed by atoms with E-state index in [2.05, 4.69) is 16.4 Å². The van der Waals surface area contributed by atoms with Crippen molar-refractivity contribution in [1.82, 2.24) is 9.97 Å². The van der Waals surface area contributed by atoms with E-state index in [0.29, 0.717) is 5.52 Å². The minimum Gasteiger partial charge on any atom is -0.505 e. The summed E-state index contributed by atoms with van der Waals surface area (Å²) in [4.78, 5) is 9.09. The van der Waals surface area contributed by atoms with E-state index in [9.17, 15) is 5.11 Å². The Morgan fingerprint density at radius 3 is 2.60 bits per heavy atom. The molecule has 0 spiro atoms. The summed E-state index contributed by atoms with van der Waals surface area (Å²) in [5, 5.41) is 16.3. The van der Waals surface area contributed by atoms with Crippen molar-refractivity contribution >= 4 is 37.6 Å². The van der Waals surface area contributed by atoms with Crippen LogP contribution in [0, 0.1) is 0 Å². The van der Waals surface area contributed by atoms with Gasteiger partial charge in [0.05, 0.1) is 23.4 Å². The Labute approximate surface area is 177 Å². The van der Waals surface area contributed by atoms with Gasteiger partial charge in [-0.2, -0.15) is 0 Å². The quantitative estimate of drug-likeness (QED) is 0.383. The van der Waals surface area contributed by atoms with Crippen molar-refractivity contribution in [1.29, 1.82) is 0 Å². The van der Waals surface area contributed by atoms with Gasteiger partial charge in [-0.1, -0.05) is 53.8 Å². The van der Waals surface area contributed by atoms with Gasteiger partial charge in [0.15, 0.2) is 5.13 Å². The van der Waals surface area contributed by atoms with Crippen molar-refractivity contribution in [3.05, 3.63) is 90.1 Å². The number of hydrogen-bond acceptors (Lipinski definition) is 6. The van der Waals surface area contributed by atoms with E-state index in [-0.39, 0.29) is 11.8 Å². The average molecular weight is 414 g/mol. The lowest BCUT2D eigenvalue weighted by molar-refractivity contribution is 0.414. The molecule has 30 heavy (non-hydrogen) atoms. The molecule has 0 aliphatic carbocycles. The van der Waals surface area contributed by atoms with Crippen molar-refractivity contribution in [3.8, 4) is 11.5 Å². The van der Waals surface area contributed by atoms with Crippen molar-refractivity contribution < 1.29 is 9.84 Å². The molecule has 3 aromatic carbocycles. The van der Waals surface area contributed by atoms with Crippen molar-refractivity contribution in [3.63, 3.8) is 0 Å². The number of thiazole rings is 1. The number of phenolic OH excluding ortho intramolecular Hbond substituents is 1. The summed E-state index contributed by atoms with van der Waals surface area (Å²) in [6.07, 6.45) is 1.69. The van der Waals surface area contributed by atoms with Crippen LogP contribution < -0.4 is 10.1 Å². The van der Waals surface area contributed by atoms with E-state index in [1.165, 1.54) is 0 Å². The summed E-state index contributed by atoms with van der Waals surface area (Å²) < 4.78 is 6.41. The molecular weight excluding hydrogens is 394 g/mol. The average Bonchev–Trinajstić information content (AvgIpc) is 3.21. The second-order valence-corrected chi connectivity index (χ2v) is 7.95. The smallest absolute Gasteiger partial charge is 0.184 e. The van der Waals surface area contributed by atoms with Gasteiger partial charge in [-0.3, -0.25) is 4.98 Å². The molecule has 2 heterocycles. The van der Waals surface area contributed by atoms with Crippen LogP contribution in [0.3, 0.4) is 0 Å². The van der Waals surface area contributed by atoms with E-state index < -0.39 is 0 Å². The lowest BCUT2D eigenvalue weighted by Crippen LogP contribution is -2.12. The molecule has 5 nitrogen and oxygen atoms in total. The summed E-state index contributed by atoms with van der Waals surface area (Å²) >= 11 is 1.59. The second kappa shape index (κ2) is 7.65. The topological polar surface area (TPSA) is 67.3 Å². The highest BCUT2D eigenvalue weighted by Gasteiger charge is 2.21. The Morgan fingerprint density at radius 2 is 1.80 bits per heavy atom. The largest absolute Gasteiger partial charge is 0.505 e. The van der Waals surface area contributed by atoms with Gasteiger partial charge in [0.2, 0.25) is 0 Å². The molecule has 2 N–H and O–H groups in total. The molecule has 0 amide bonds. The normalized spacial score (nSPS) is 12.2. The van der Waals surface area contributed by atoms with E-state index in [1.807, 2.05) is 66.7 Å². The fourth-order valence-electron chi connectivity index (χ4n) is 3.57. The zero-order valence-corrected chi connectivity index (χ0v) is 17.1. The lowest BCUT2D eigenvalue weighted by atomic mass is 9.96. The van der Waals surface area contributed by atoms with Crippen LogP contribution in [-0.4, -0.2) is 22.2 Å². The Kier molecular flexibility index (Phi) is 4.69. The van der Waals surface area contributed by atoms with Gasteiger partial charge in [-0.25, -0.2) is 4.98 Å². The number of aromatic hydroxyl groups is 1. The molecule has 0 radical (unpaired) electrons. The first-order valence-corrected chi connectivity index (χ1v) is 10.4. The molecule has 1 atom stereocenters. The summed E-state index contributed by atoms with van der Waals surface area (Å²) in [6.45, 7) is 0. The van der Waals surface area contributed by atoms with Gasteiger partial charge in [-0.05, 0) is 35.9 Å². The summed E-state index contributed by atoms with van der Waals surface area (Å²) in [6, 6.07) is 23.3. The third-order valence-electron chi connectivity index (χ3n) is 5.10. The number of nitrogens with one attached hydrogen (secondary N) is 1. The number of hydrogen-bond donors (Lipinski definition) is 2. The van der Waals surface area contributed by atoms with Gasteiger partial charge in [-0.15, -0.1) is 0 Å². The summed E-state index contributed by atoms with van der Waals surface area (Å²) in [5.41, 5.74) is 3.26. The summed E-state index contributed by atoms with van der Waals surface area (Å²) in [7, 11) is 1.65. The maximum atomic E-state index is 11.1. The monoisotopic (exact) mass is 413 g/mol. The first-order chi connectivity index (χ1) is 14.7. The van der Waals surface area contributed by atoms with Gasteiger partial charge in [0.1, 0.15) is 17.0 Å². The van der Waals surface area contributed by atoms with Crippen LogP contribution in [0.15, 0.2) is 79.0 Å². The lowest BCUT2D eigenvalue weighted by Gasteiger charge is -2.21. The highest BCUT2D eigenvalue weighted by Crippen LogP contribution is 2.38. The van der Waals surface area contributed by atoms with Gasteiger partial charge in [0.25, 0.3) is 0 Å². The summed E-state index contributed by atoms with van der Waals surface area (Å²) in [5.74, 6) is 0.949. The third kappa shape index (κ3) is 3.31. The number of anilines is 1. The number of fused-ring (bicyclic) bond motifs is 2. The van der Waals surface area contributed by atoms with Gasteiger partial charge >= 0.3 is 0 Å². The zero-order chi connectivity index (χ0) is 20.5. The maximum absolute atomic E-state index is 11.1. The molecule has 5 rings (SSSR count). The van der Waals surface area contributed by atoms with E-state index in [0.717, 1.165) is 37.6 Å². The molecule has 0 fully saturated rings. The van der Waals surface area contributed by atoms with Crippen molar-refractivity contribution in [2.45, 2.75) is 6.04 Å². The van der Waals surface area contributed by atoms with Crippen molar-refractivity contribution in [2.24, 2.45) is 0 Å². The van der Waals surface area contributed by atoms with Crippen LogP contribution >= 0.6 is 11.3 Å². The molecule has 0 saturated carbocycles. The first-order valence-electron chi connectivity index (χ1n) is 9.55. The van der Waals surface area contributed by atoms with E-state index in [1.54, 1.807) is 24.6 Å². The van der Waals surface area contributed by atoms with Crippen molar-refractivity contribution in [2.75, 3.05) is 12.4 Å². The van der Waals surface area contributed by atoms with Gasteiger partial charge in [0, 0.05) is 17.1 Å². The first kappa shape index (κ1) is 18.4. The number of phenols is 1. The molecule has 5 aromatic rings. The van der Waals surface area contributed by atoms with Crippen LogP contribution in [0.25, 0.3) is 21.1 Å². The standard InChI is InChI=1S/C24H19N3O2S/c1-29-17-11-8-16(9-12-17)21(27-24-26-19-6-2-3-7-20(19)30-24)18-13-10-15-5-4-14-25-22(15)23(18)28/h2-14,21,28H,1H3,(H,26,27). The van der Waals surface area contributed by atoms with Crippen LogP contribution in [0.2, 0.25) is 0 Å². The number of ether oxygens (including phenoxy) is 1. The number of rotatable bonds is 5. The fourth-order valence-corrected chi connectivity index (χ4v) is 4.47. The molecule has 6 heteroatoms. The maximum Gasteiger partial charge on any atom is 0.184 e. The number of pyridine rings is 1. The minimum atomic E-state index is -0.303. The molecule has 0 bridgehead atoms. The predicted octanol–water partition coefficient (Wildman–Crippen LogP) is 5.76. The fraction of sp³-hybridized carbons (Fsp3) is 0.0833. The molecule has 0 aliphatic heterocycles. The molecule has 1 unspecified atom stereocenters. The number of nitrogens with zero attached hydrogens (tertiary/aromatic N) is 2. The molecular formula is C24H19N3O2S. The van der Waals surface area contributed by atoms with E-state index in [4.69, 9.17) is 9.72 Å². The predicted molar refractivity (Wildman–Crippen MR) is 121 cm³/mol. The number of benzene rings is 3. The Morgan fingerprint density at radius 1 is 0.967 bits per heavy atom. The Hall–Kier alpha value is -3.64. The SMILES string of the molecule is COc1ccc(C(Nc2nc3ccccc3s2)c2ccc3cccnc3c2O)cc1. The van der Waals surface area contributed by atoms with Gasteiger partial charge < -0.3 is 15.2 Å². The molecule has 148 valence electrons. The zero-order valence-electron chi connectivity index (χ0n) is 16.2. The van der Waals surface area contributed by atoms with Crippen LogP contribution in [0.4, 0.5) is 5.13 Å². The van der Waals surface area contributed by atoms with Crippen LogP contribution in [-0.2, 0) is 0 Å². The highest BCUT2D eigenvalue weighted by atomic mass is 32.1. The van der Waals surface area contributed by atoms with Crippen LogP contribution in [0.5, 0.6) is 11.5 Å². The number of para-hydroxylation sites is 1. The molecule has 0 aliphatic rings. The number of methoxy groups -OCH3 is 1. The minimum absolute atomic E-state index is 0.169. The highest BCUT2D eigenvalue weighted by molar-refractivity contribution is 7.22. The Bertz CT molecular complexity index is 1300. The van der Waals surface area contributed by atoms with Crippen LogP contribution in [0.1, 0.15) is 17.2 Å². The van der Waals surface area contributed by atoms with E-state index >= 15 is 0 Å². The third-order valence-corrected chi connectivity index (χ3v) is 6.07. The second-order valence-electron chi connectivity index (χ2n) is 6.92. The number of aromatic nitrogens is 2. The Balaban J connectivity index is 1.63.